The Morgan fingerprint density at radius 3 is 2.35 bits per heavy atom. The Hall–Kier alpha value is -2.42. The number of pyridine rings is 1. The van der Waals surface area contributed by atoms with Crippen molar-refractivity contribution in [3.8, 4) is 16.9 Å². The van der Waals surface area contributed by atoms with Gasteiger partial charge in [-0.3, -0.25) is 4.68 Å². The summed E-state index contributed by atoms with van der Waals surface area (Å²) >= 11 is 0. The molecule has 2 aromatic heterocycles. The lowest BCUT2D eigenvalue weighted by Crippen LogP contribution is -2.35. The maximum absolute atomic E-state index is 4.83. The van der Waals surface area contributed by atoms with Crippen molar-refractivity contribution in [2.45, 2.75) is 59.9 Å². The first-order valence-electron chi connectivity index (χ1n) is 9.37. The number of nitrogens with zero attached hydrogens (tertiary/aromatic N) is 3. The topological polar surface area (TPSA) is 21.7 Å². The second kappa shape index (κ2) is 6.71. The van der Waals surface area contributed by atoms with Crippen LogP contribution in [0.4, 0.5) is 0 Å². The van der Waals surface area contributed by atoms with E-state index >= 15 is 0 Å². The first-order chi connectivity index (χ1) is 12.2. The summed E-state index contributed by atoms with van der Waals surface area (Å²) in [5, 5.41) is 4.83. The van der Waals surface area contributed by atoms with Gasteiger partial charge in [-0.25, -0.2) is 0 Å². The third-order valence-corrected chi connectivity index (χ3v) is 4.98. The van der Waals surface area contributed by atoms with E-state index in [9.17, 15) is 0 Å². The molecule has 1 aromatic carbocycles. The zero-order valence-electron chi connectivity index (χ0n) is 17.0. The molecule has 0 N–H and O–H groups in total. The van der Waals surface area contributed by atoms with Crippen LogP contribution in [0.15, 0.2) is 48.8 Å². The first-order valence-corrected chi connectivity index (χ1v) is 9.37. The number of rotatable bonds is 3. The second-order valence-electron chi connectivity index (χ2n) is 8.40. The van der Waals surface area contributed by atoms with Gasteiger partial charge in [0.1, 0.15) is 0 Å². The Balaban J connectivity index is 2.27. The van der Waals surface area contributed by atoms with Gasteiger partial charge in [-0.05, 0) is 43.9 Å². The number of hydrogen-bond donors (Lipinski definition) is 0. The van der Waals surface area contributed by atoms with E-state index in [4.69, 9.17) is 5.10 Å². The Bertz CT molecular complexity index is 927. The van der Waals surface area contributed by atoms with Crippen molar-refractivity contribution in [3.05, 3.63) is 65.6 Å². The van der Waals surface area contributed by atoms with Crippen molar-refractivity contribution in [2.75, 3.05) is 0 Å². The molecule has 0 saturated carbocycles. The summed E-state index contributed by atoms with van der Waals surface area (Å²) in [7, 11) is 0. The van der Waals surface area contributed by atoms with Crippen molar-refractivity contribution in [3.63, 3.8) is 0 Å². The van der Waals surface area contributed by atoms with Crippen molar-refractivity contribution in [1.82, 2.24) is 9.78 Å². The van der Waals surface area contributed by atoms with Crippen molar-refractivity contribution >= 4 is 0 Å². The van der Waals surface area contributed by atoms with Gasteiger partial charge in [-0.1, -0.05) is 26.8 Å². The summed E-state index contributed by atoms with van der Waals surface area (Å²) in [6, 6.07) is 13.4. The molecular weight excluding hydrogens is 318 g/mol. The molecule has 0 saturated heterocycles. The normalized spacial score (nSPS) is 12.0. The molecule has 3 heteroatoms. The molecule has 3 nitrogen and oxygen atoms in total. The molecule has 2 heterocycles. The molecule has 0 spiro atoms. The molecule has 0 unspecified atom stereocenters. The van der Waals surface area contributed by atoms with Crippen LogP contribution in [0.3, 0.4) is 0 Å². The molecular formula is C23H30N3+. The van der Waals surface area contributed by atoms with E-state index in [1.165, 1.54) is 28.1 Å². The Kier molecular flexibility index (Phi) is 4.74. The van der Waals surface area contributed by atoms with Gasteiger partial charge in [0.15, 0.2) is 11.9 Å². The standard InChI is InChI=1S/C23H30N3/c1-16(2)26-13-11-21(24-26)20-14-19(23(5,6)7)15-22(18(20)4)25-12-9-8-10-17(25)3/h8-16H,1-7H3/q+1. The summed E-state index contributed by atoms with van der Waals surface area (Å²) in [6.07, 6.45) is 4.21. The summed E-state index contributed by atoms with van der Waals surface area (Å²) in [4.78, 5) is 0. The van der Waals surface area contributed by atoms with Gasteiger partial charge in [0.05, 0.1) is 5.69 Å². The minimum Gasteiger partial charge on any atom is -0.270 e. The highest BCUT2D eigenvalue weighted by molar-refractivity contribution is 5.68. The van der Waals surface area contributed by atoms with Crippen LogP contribution in [-0.2, 0) is 5.41 Å². The largest absolute Gasteiger partial charge is 0.270 e. The van der Waals surface area contributed by atoms with Crippen LogP contribution < -0.4 is 4.57 Å². The molecule has 136 valence electrons. The van der Waals surface area contributed by atoms with Crippen LogP contribution in [-0.4, -0.2) is 9.78 Å². The highest BCUT2D eigenvalue weighted by Crippen LogP contribution is 2.32. The lowest BCUT2D eigenvalue weighted by atomic mass is 9.84. The number of aromatic nitrogens is 3. The molecule has 0 atom stereocenters. The molecule has 0 radical (unpaired) electrons. The molecule has 0 bridgehead atoms. The van der Waals surface area contributed by atoms with Gasteiger partial charge < -0.3 is 0 Å². The van der Waals surface area contributed by atoms with Crippen molar-refractivity contribution in [1.29, 1.82) is 0 Å². The maximum Gasteiger partial charge on any atom is 0.214 e. The molecule has 0 aliphatic carbocycles. The lowest BCUT2D eigenvalue weighted by Gasteiger charge is -2.21. The molecule has 0 aliphatic rings. The molecule has 3 rings (SSSR count). The van der Waals surface area contributed by atoms with E-state index < -0.39 is 0 Å². The summed E-state index contributed by atoms with van der Waals surface area (Å²) < 4.78 is 4.30. The predicted molar refractivity (Wildman–Crippen MR) is 108 cm³/mol. The van der Waals surface area contributed by atoms with E-state index in [1.54, 1.807) is 0 Å². The van der Waals surface area contributed by atoms with E-state index in [0.717, 1.165) is 5.69 Å². The van der Waals surface area contributed by atoms with Crippen LogP contribution in [0.2, 0.25) is 0 Å². The quantitative estimate of drug-likeness (QED) is 0.587. The smallest absolute Gasteiger partial charge is 0.214 e. The highest BCUT2D eigenvalue weighted by atomic mass is 15.3. The van der Waals surface area contributed by atoms with Gasteiger partial charge in [-0.15, -0.1) is 0 Å². The molecule has 0 amide bonds. The van der Waals surface area contributed by atoms with Gasteiger partial charge in [0.25, 0.3) is 0 Å². The molecule has 0 fully saturated rings. The average molecular weight is 349 g/mol. The fourth-order valence-corrected chi connectivity index (χ4v) is 3.22. The van der Waals surface area contributed by atoms with Gasteiger partial charge in [-0.2, -0.15) is 9.67 Å². The minimum absolute atomic E-state index is 0.0705. The number of benzene rings is 1. The fraction of sp³-hybridized carbons (Fsp3) is 0.391. The third kappa shape index (κ3) is 3.44. The highest BCUT2D eigenvalue weighted by Gasteiger charge is 2.24. The fourth-order valence-electron chi connectivity index (χ4n) is 3.22. The van der Waals surface area contributed by atoms with E-state index in [1.807, 2.05) is 4.68 Å². The maximum atomic E-state index is 4.83. The number of aryl methyl sites for hydroxylation is 1. The van der Waals surface area contributed by atoms with Crippen LogP contribution in [0.25, 0.3) is 16.9 Å². The predicted octanol–water partition coefficient (Wildman–Crippen LogP) is 5.32. The van der Waals surface area contributed by atoms with Crippen molar-refractivity contribution in [2.24, 2.45) is 0 Å². The summed E-state index contributed by atoms with van der Waals surface area (Å²) in [5.41, 5.74) is 7.35. The third-order valence-electron chi connectivity index (χ3n) is 4.98. The van der Waals surface area contributed by atoms with Crippen LogP contribution >= 0.6 is 0 Å². The summed E-state index contributed by atoms with van der Waals surface area (Å²) in [5.74, 6) is 0. The minimum atomic E-state index is 0.0705. The van der Waals surface area contributed by atoms with Crippen LogP contribution in [0, 0.1) is 13.8 Å². The number of hydrogen-bond acceptors (Lipinski definition) is 1. The van der Waals surface area contributed by atoms with Crippen molar-refractivity contribution < 1.29 is 4.57 Å². The zero-order chi connectivity index (χ0) is 19.1. The molecule has 26 heavy (non-hydrogen) atoms. The molecule has 0 aliphatic heterocycles. The molecule has 3 aromatic rings. The van der Waals surface area contributed by atoms with Gasteiger partial charge >= 0.3 is 0 Å². The Labute approximate surface area is 157 Å². The Morgan fingerprint density at radius 2 is 1.77 bits per heavy atom. The lowest BCUT2D eigenvalue weighted by molar-refractivity contribution is -0.603. The average Bonchev–Trinajstić information content (AvgIpc) is 3.05. The first kappa shape index (κ1) is 18.4. The SMILES string of the molecule is Cc1c(-c2ccn(C(C)C)n2)cc(C(C)(C)C)cc1-[n+]1ccccc1C. The monoisotopic (exact) mass is 348 g/mol. The Morgan fingerprint density at radius 1 is 1.04 bits per heavy atom. The second-order valence-corrected chi connectivity index (χ2v) is 8.40. The van der Waals surface area contributed by atoms with E-state index in [0.29, 0.717) is 6.04 Å². The van der Waals surface area contributed by atoms with E-state index in [2.05, 4.69) is 102 Å². The summed E-state index contributed by atoms with van der Waals surface area (Å²) in [6.45, 7) is 15.5. The van der Waals surface area contributed by atoms with Crippen LogP contribution in [0.5, 0.6) is 0 Å². The zero-order valence-corrected chi connectivity index (χ0v) is 17.0. The van der Waals surface area contributed by atoms with Crippen LogP contribution in [0.1, 0.15) is 57.5 Å². The van der Waals surface area contributed by atoms with E-state index in [-0.39, 0.29) is 5.41 Å². The van der Waals surface area contributed by atoms with Gasteiger partial charge in [0.2, 0.25) is 5.69 Å². The van der Waals surface area contributed by atoms with Gasteiger partial charge in [0, 0.05) is 48.5 Å².